The van der Waals surface area contributed by atoms with E-state index < -0.39 is 27.2 Å². The quantitative estimate of drug-likeness (QED) is 0.844. The zero-order valence-corrected chi connectivity index (χ0v) is 15.5. The zero-order chi connectivity index (χ0) is 20.8. The second-order valence-corrected chi connectivity index (χ2v) is 7.94. The van der Waals surface area contributed by atoms with Crippen LogP contribution in [0.5, 0.6) is 0 Å². The molecule has 0 atom stereocenters. The highest BCUT2D eigenvalue weighted by molar-refractivity contribution is 7.90. The van der Waals surface area contributed by atoms with E-state index in [4.69, 9.17) is 0 Å². The van der Waals surface area contributed by atoms with Gasteiger partial charge in [-0.05, 0) is 32.0 Å². The van der Waals surface area contributed by atoms with Crippen LogP contribution in [0, 0.1) is 0 Å². The molecule has 2 rings (SSSR count). The zero-order valence-electron chi connectivity index (χ0n) is 14.7. The fourth-order valence-electron chi connectivity index (χ4n) is 1.54. The van der Waals surface area contributed by atoms with Gasteiger partial charge in [-0.2, -0.15) is 13.2 Å². The number of aromatic nitrogens is 2. The Balaban J connectivity index is 0.000000445. The van der Waals surface area contributed by atoms with Crippen LogP contribution in [0.1, 0.15) is 31.3 Å². The molecule has 0 aliphatic rings. The van der Waals surface area contributed by atoms with Crippen molar-refractivity contribution in [2.75, 3.05) is 5.32 Å². The largest absolute Gasteiger partial charge is 0.449 e. The van der Waals surface area contributed by atoms with E-state index in [9.17, 15) is 31.2 Å². The van der Waals surface area contributed by atoms with Crippen LogP contribution >= 0.6 is 0 Å². The Labute approximate surface area is 154 Å². The van der Waals surface area contributed by atoms with E-state index in [1.165, 1.54) is 24.7 Å². The molecule has 0 saturated carbocycles. The van der Waals surface area contributed by atoms with E-state index in [2.05, 4.69) is 10.3 Å². The first-order valence-electron chi connectivity index (χ1n) is 7.58. The van der Waals surface area contributed by atoms with Gasteiger partial charge in [-0.25, -0.2) is 8.42 Å². The number of ketones is 1. The van der Waals surface area contributed by atoms with Gasteiger partial charge in [0.2, 0.25) is 15.8 Å². The van der Waals surface area contributed by atoms with Crippen molar-refractivity contribution < 1.29 is 31.2 Å². The van der Waals surface area contributed by atoms with Crippen molar-refractivity contribution in [3.63, 3.8) is 0 Å². The minimum absolute atomic E-state index is 0.270. The van der Waals surface area contributed by atoms with Crippen LogP contribution < -0.4 is 5.32 Å². The number of carbonyl (C=O) groups excluding carboxylic acids is 2. The predicted molar refractivity (Wildman–Crippen MR) is 92.8 cm³/mol. The van der Waals surface area contributed by atoms with Crippen molar-refractivity contribution in [1.29, 1.82) is 0 Å². The van der Waals surface area contributed by atoms with Crippen LogP contribution in [0.25, 0.3) is 0 Å². The molecule has 7 nitrogen and oxygen atoms in total. The van der Waals surface area contributed by atoms with Gasteiger partial charge < -0.3 is 5.32 Å². The first kappa shape index (κ1) is 22.4. The fraction of sp³-hybridized carbons (Fsp3) is 0.312. The number of halogens is 3. The number of rotatable bonds is 4. The monoisotopic (exact) mass is 405 g/mol. The first-order valence-corrected chi connectivity index (χ1v) is 9.08. The molecule has 0 aliphatic heterocycles. The molecule has 27 heavy (non-hydrogen) atoms. The summed E-state index contributed by atoms with van der Waals surface area (Å²) in [5, 5.41) is 2.07. The van der Waals surface area contributed by atoms with Crippen molar-refractivity contribution in [3.05, 3.63) is 48.5 Å². The number of amides is 1. The van der Waals surface area contributed by atoms with Crippen LogP contribution in [0.2, 0.25) is 0 Å². The number of alkyl halides is 3. The lowest BCUT2D eigenvalue weighted by molar-refractivity contribution is -0.168. The molecule has 1 amide bonds. The Morgan fingerprint density at radius 2 is 1.78 bits per heavy atom. The molecular formula is C16H18F3N3O4S. The number of hydrogen-bond donors (Lipinski definition) is 1. The summed E-state index contributed by atoms with van der Waals surface area (Å²) in [6.45, 7) is 3.68. The van der Waals surface area contributed by atoms with E-state index in [-0.39, 0.29) is 11.6 Å². The summed E-state index contributed by atoms with van der Waals surface area (Å²) in [5.41, 5.74) is 0.678. The topological polar surface area (TPSA) is 98.1 Å². The van der Waals surface area contributed by atoms with Crippen LogP contribution in [0.4, 0.5) is 18.9 Å². The minimum Gasteiger partial charge on any atom is -0.319 e. The number of Topliss-reactive ketones (excluding diaryl/α,β-unsaturated/α-hetero) is 1. The first-order chi connectivity index (χ1) is 12.4. The van der Waals surface area contributed by atoms with Gasteiger partial charge in [0.1, 0.15) is 5.69 Å². The molecule has 0 bridgehead atoms. The number of hydrogen-bond acceptors (Lipinski definition) is 5. The number of nitrogens with one attached hydrogen (secondary N) is 1. The third kappa shape index (κ3) is 6.51. The molecule has 2 aromatic rings. The lowest BCUT2D eigenvalue weighted by Crippen LogP contribution is -2.21. The molecule has 2 heterocycles. The van der Waals surface area contributed by atoms with Crippen molar-refractivity contribution in [3.8, 4) is 0 Å². The summed E-state index contributed by atoms with van der Waals surface area (Å²) in [6.07, 6.45) is -0.344. The maximum absolute atomic E-state index is 11.9. The van der Waals surface area contributed by atoms with Gasteiger partial charge >= 0.3 is 6.18 Å². The second kappa shape index (κ2) is 8.80. The minimum atomic E-state index is -4.64. The average Bonchev–Trinajstić information content (AvgIpc) is 3.04. The number of anilines is 1. The van der Waals surface area contributed by atoms with Gasteiger partial charge in [0, 0.05) is 25.5 Å². The van der Waals surface area contributed by atoms with Crippen LogP contribution in [-0.2, 0) is 14.8 Å². The molecule has 0 unspecified atom stereocenters. The molecule has 0 saturated heterocycles. The Morgan fingerprint density at radius 3 is 2.22 bits per heavy atom. The second-order valence-electron chi connectivity index (χ2n) is 5.55. The fourth-order valence-corrected chi connectivity index (χ4v) is 2.52. The summed E-state index contributed by atoms with van der Waals surface area (Å²) in [7, 11) is -3.41. The molecule has 148 valence electrons. The van der Waals surface area contributed by atoms with Crippen LogP contribution in [0.3, 0.4) is 0 Å². The highest BCUT2D eigenvalue weighted by Crippen LogP contribution is 2.15. The van der Waals surface area contributed by atoms with Gasteiger partial charge in [-0.3, -0.25) is 18.5 Å². The number of nitrogens with zero attached hydrogens (tertiary/aromatic N) is 2. The van der Waals surface area contributed by atoms with E-state index in [1.54, 1.807) is 32.0 Å². The van der Waals surface area contributed by atoms with Crippen molar-refractivity contribution >= 4 is 27.4 Å². The number of carbonyl (C=O) groups is 2. The summed E-state index contributed by atoms with van der Waals surface area (Å²) >= 11 is 0. The third-order valence-electron chi connectivity index (χ3n) is 3.11. The van der Waals surface area contributed by atoms with E-state index >= 15 is 0 Å². The van der Waals surface area contributed by atoms with Gasteiger partial charge in [0.15, 0.2) is 0 Å². The Kier molecular flexibility index (Phi) is 7.28. The van der Waals surface area contributed by atoms with Crippen molar-refractivity contribution in [2.24, 2.45) is 0 Å². The van der Waals surface area contributed by atoms with Crippen LogP contribution in [-0.4, -0.2) is 40.5 Å². The SMILES string of the molecule is CC(=O)C(F)(F)F.CC(C)S(=O)(=O)n1ccc(NC(=O)c2ccccn2)c1. The van der Waals surface area contributed by atoms with E-state index in [1.807, 2.05) is 0 Å². The normalized spacial score (nSPS) is 11.5. The van der Waals surface area contributed by atoms with Crippen molar-refractivity contribution in [1.82, 2.24) is 8.96 Å². The lowest BCUT2D eigenvalue weighted by atomic mass is 10.3. The molecule has 0 aromatic carbocycles. The number of pyridine rings is 1. The average molecular weight is 405 g/mol. The summed E-state index contributed by atoms with van der Waals surface area (Å²) in [4.78, 5) is 25.1. The highest BCUT2D eigenvalue weighted by atomic mass is 32.2. The maximum Gasteiger partial charge on any atom is 0.449 e. The molecule has 0 fully saturated rings. The lowest BCUT2D eigenvalue weighted by Gasteiger charge is -2.08. The Morgan fingerprint density at radius 1 is 1.19 bits per heavy atom. The molecule has 11 heteroatoms. The van der Waals surface area contributed by atoms with Crippen molar-refractivity contribution in [2.45, 2.75) is 32.2 Å². The molecule has 0 aliphatic carbocycles. The predicted octanol–water partition coefficient (Wildman–Crippen LogP) is 2.86. The molecule has 0 spiro atoms. The summed E-state index contributed by atoms with van der Waals surface area (Å²) in [5.74, 6) is -2.14. The van der Waals surface area contributed by atoms with Crippen LogP contribution in [0.15, 0.2) is 42.9 Å². The van der Waals surface area contributed by atoms with Gasteiger partial charge in [-0.15, -0.1) is 0 Å². The molecule has 1 N–H and O–H groups in total. The Hall–Kier alpha value is -2.69. The van der Waals surface area contributed by atoms with Gasteiger partial charge in [0.05, 0.1) is 10.9 Å². The third-order valence-corrected chi connectivity index (χ3v) is 5.12. The molecular weight excluding hydrogens is 387 g/mol. The van der Waals surface area contributed by atoms with Gasteiger partial charge in [-0.1, -0.05) is 6.07 Å². The summed E-state index contributed by atoms with van der Waals surface area (Å²) < 4.78 is 57.5. The Bertz CT molecular complexity index is 891. The van der Waals surface area contributed by atoms with Gasteiger partial charge in [0.25, 0.3) is 5.91 Å². The molecule has 2 aromatic heterocycles. The highest BCUT2D eigenvalue weighted by Gasteiger charge is 2.33. The maximum atomic E-state index is 11.9. The molecule has 0 radical (unpaired) electrons. The van der Waals surface area contributed by atoms with E-state index in [0.717, 1.165) is 3.97 Å². The standard InChI is InChI=1S/C13H15N3O3S.C3H3F3O/c1-10(2)20(18,19)16-8-6-11(9-16)15-13(17)12-5-3-4-7-14-12;1-2(7)3(4,5)6/h3-10H,1-2H3,(H,15,17);1H3. The summed E-state index contributed by atoms with van der Waals surface area (Å²) in [6, 6.07) is 6.52. The van der Waals surface area contributed by atoms with E-state index in [0.29, 0.717) is 12.6 Å². The smallest absolute Gasteiger partial charge is 0.319 e.